The van der Waals surface area contributed by atoms with Gasteiger partial charge in [-0.2, -0.15) is 0 Å². The van der Waals surface area contributed by atoms with E-state index in [0.717, 1.165) is 6.42 Å². The highest BCUT2D eigenvalue weighted by molar-refractivity contribution is 4.93. The Kier molecular flexibility index (Phi) is 5.68. The Morgan fingerprint density at radius 1 is 1.06 bits per heavy atom. The highest BCUT2D eigenvalue weighted by Crippen LogP contribution is 2.27. The van der Waals surface area contributed by atoms with Crippen LogP contribution in [0.1, 0.15) is 74.7 Å². The molecule has 0 bridgehead atoms. The molecule has 0 saturated heterocycles. The number of hydrogen-bond acceptors (Lipinski definition) is 2. The number of nitrogens with one attached hydrogen (secondary N) is 1. The van der Waals surface area contributed by atoms with Gasteiger partial charge < -0.3 is 11.1 Å². The molecule has 0 aromatic rings. The molecule has 1 unspecified atom stereocenters. The van der Waals surface area contributed by atoms with Crippen molar-refractivity contribution in [3.63, 3.8) is 0 Å². The molecule has 0 aliphatic rings. The standard InChI is InChI=1S/C15H34N2/c1-9-10-14(5,6)17-15(7,8)12(2)11-13(3,4)16/h12,17H,9-11,16H2,1-8H3. The van der Waals surface area contributed by atoms with Gasteiger partial charge >= 0.3 is 0 Å². The molecular formula is C15H34N2. The van der Waals surface area contributed by atoms with Gasteiger partial charge in [-0.05, 0) is 60.3 Å². The first-order chi connectivity index (χ1) is 7.40. The summed E-state index contributed by atoms with van der Waals surface area (Å²) in [5.74, 6) is 0.554. The molecule has 0 aliphatic heterocycles. The molecule has 2 heteroatoms. The molecule has 0 aromatic carbocycles. The lowest BCUT2D eigenvalue weighted by molar-refractivity contribution is 0.165. The molecule has 0 aliphatic carbocycles. The van der Waals surface area contributed by atoms with Crippen LogP contribution in [0.15, 0.2) is 0 Å². The Labute approximate surface area is 109 Å². The van der Waals surface area contributed by atoms with E-state index in [9.17, 15) is 0 Å². The maximum absolute atomic E-state index is 6.13. The minimum Gasteiger partial charge on any atom is -0.326 e. The van der Waals surface area contributed by atoms with Crippen molar-refractivity contribution in [3.05, 3.63) is 0 Å². The summed E-state index contributed by atoms with van der Waals surface area (Å²) in [5, 5.41) is 3.80. The van der Waals surface area contributed by atoms with Crippen molar-refractivity contribution in [3.8, 4) is 0 Å². The molecule has 0 fully saturated rings. The normalized spacial score (nSPS) is 16.1. The average Bonchev–Trinajstić information content (AvgIpc) is 1.97. The monoisotopic (exact) mass is 242 g/mol. The van der Waals surface area contributed by atoms with Gasteiger partial charge in [0.25, 0.3) is 0 Å². The van der Waals surface area contributed by atoms with E-state index in [-0.39, 0.29) is 16.6 Å². The summed E-state index contributed by atoms with van der Waals surface area (Å²) in [6, 6.07) is 0. The van der Waals surface area contributed by atoms with Gasteiger partial charge in [-0.3, -0.25) is 0 Å². The Morgan fingerprint density at radius 3 is 1.88 bits per heavy atom. The lowest BCUT2D eigenvalue weighted by Gasteiger charge is -2.43. The van der Waals surface area contributed by atoms with Crippen LogP contribution in [-0.4, -0.2) is 16.6 Å². The van der Waals surface area contributed by atoms with E-state index in [1.54, 1.807) is 0 Å². The third-order valence-electron chi connectivity index (χ3n) is 3.60. The van der Waals surface area contributed by atoms with Gasteiger partial charge in [0, 0.05) is 16.6 Å². The van der Waals surface area contributed by atoms with Crippen LogP contribution < -0.4 is 11.1 Å². The van der Waals surface area contributed by atoms with Crippen LogP contribution >= 0.6 is 0 Å². The van der Waals surface area contributed by atoms with Gasteiger partial charge in [-0.1, -0.05) is 20.3 Å². The second kappa shape index (κ2) is 5.71. The van der Waals surface area contributed by atoms with Crippen molar-refractivity contribution in [2.24, 2.45) is 11.7 Å². The van der Waals surface area contributed by atoms with Crippen LogP contribution in [-0.2, 0) is 0 Å². The van der Waals surface area contributed by atoms with Gasteiger partial charge in [-0.15, -0.1) is 0 Å². The van der Waals surface area contributed by atoms with Crippen LogP contribution in [0.4, 0.5) is 0 Å². The summed E-state index contributed by atoms with van der Waals surface area (Å²) in [7, 11) is 0. The fourth-order valence-electron chi connectivity index (χ4n) is 2.73. The highest BCUT2D eigenvalue weighted by Gasteiger charge is 2.33. The van der Waals surface area contributed by atoms with Crippen molar-refractivity contribution in [1.82, 2.24) is 5.32 Å². The summed E-state index contributed by atoms with van der Waals surface area (Å²) in [6.07, 6.45) is 3.46. The zero-order valence-corrected chi connectivity index (χ0v) is 13.3. The van der Waals surface area contributed by atoms with Crippen molar-refractivity contribution >= 4 is 0 Å². The van der Waals surface area contributed by atoms with Gasteiger partial charge in [0.05, 0.1) is 0 Å². The van der Waals surface area contributed by atoms with Crippen molar-refractivity contribution < 1.29 is 0 Å². The lowest BCUT2D eigenvalue weighted by Crippen LogP contribution is -2.56. The predicted octanol–water partition coefficient (Wildman–Crippen LogP) is 3.70. The summed E-state index contributed by atoms with van der Waals surface area (Å²) >= 11 is 0. The Balaban J connectivity index is 4.56. The molecule has 2 nitrogen and oxygen atoms in total. The van der Waals surface area contributed by atoms with Crippen LogP contribution in [0, 0.1) is 5.92 Å². The highest BCUT2D eigenvalue weighted by atomic mass is 15.0. The SMILES string of the molecule is CCCC(C)(C)NC(C)(C)C(C)CC(C)(C)N. The van der Waals surface area contributed by atoms with Crippen molar-refractivity contribution in [2.75, 3.05) is 0 Å². The Morgan fingerprint density at radius 2 is 1.53 bits per heavy atom. The second-order valence-corrected chi connectivity index (χ2v) is 7.57. The van der Waals surface area contributed by atoms with Crippen LogP contribution in [0.5, 0.6) is 0 Å². The molecule has 1 atom stereocenters. The molecule has 104 valence electrons. The molecule has 17 heavy (non-hydrogen) atoms. The first kappa shape index (κ1) is 16.9. The van der Waals surface area contributed by atoms with Crippen LogP contribution in [0.3, 0.4) is 0 Å². The molecule has 0 radical (unpaired) electrons. The maximum atomic E-state index is 6.13. The van der Waals surface area contributed by atoms with E-state index in [2.05, 4.69) is 60.7 Å². The first-order valence-corrected chi connectivity index (χ1v) is 6.98. The molecule has 0 rings (SSSR count). The third-order valence-corrected chi connectivity index (χ3v) is 3.60. The minimum atomic E-state index is -0.0900. The van der Waals surface area contributed by atoms with E-state index in [1.807, 2.05) is 0 Å². The minimum absolute atomic E-state index is 0.0900. The lowest BCUT2D eigenvalue weighted by atomic mass is 9.78. The largest absolute Gasteiger partial charge is 0.326 e. The molecule has 0 saturated carbocycles. The topological polar surface area (TPSA) is 38.0 Å². The smallest absolute Gasteiger partial charge is 0.0156 e. The van der Waals surface area contributed by atoms with Gasteiger partial charge in [0.2, 0.25) is 0 Å². The number of nitrogens with two attached hydrogens (primary N) is 1. The molecule has 0 aromatic heterocycles. The molecular weight excluding hydrogens is 208 g/mol. The summed E-state index contributed by atoms with van der Waals surface area (Å²) < 4.78 is 0. The van der Waals surface area contributed by atoms with E-state index in [4.69, 9.17) is 5.73 Å². The Bertz CT molecular complexity index is 224. The number of rotatable bonds is 7. The fraction of sp³-hybridized carbons (Fsp3) is 1.00. The zero-order chi connectivity index (χ0) is 13.9. The summed E-state index contributed by atoms with van der Waals surface area (Å²) in [5.41, 5.74) is 6.36. The number of hydrogen-bond donors (Lipinski definition) is 2. The Hall–Kier alpha value is -0.0800. The summed E-state index contributed by atoms with van der Waals surface area (Å²) in [6.45, 7) is 17.9. The zero-order valence-electron chi connectivity index (χ0n) is 13.3. The van der Waals surface area contributed by atoms with E-state index in [1.165, 1.54) is 12.8 Å². The molecule has 0 amide bonds. The van der Waals surface area contributed by atoms with E-state index in [0.29, 0.717) is 5.92 Å². The first-order valence-electron chi connectivity index (χ1n) is 6.98. The van der Waals surface area contributed by atoms with Gasteiger partial charge in [0.15, 0.2) is 0 Å². The average molecular weight is 242 g/mol. The summed E-state index contributed by atoms with van der Waals surface area (Å²) in [4.78, 5) is 0. The van der Waals surface area contributed by atoms with Crippen molar-refractivity contribution in [1.29, 1.82) is 0 Å². The van der Waals surface area contributed by atoms with Gasteiger partial charge in [0.1, 0.15) is 0 Å². The fourth-order valence-corrected chi connectivity index (χ4v) is 2.73. The maximum Gasteiger partial charge on any atom is 0.0156 e. The predicted molar refractivity (Wildman–Crippen MR) is 78.2 cm³/mol. The van der Waals surface area contributed by atoms with Gasteiger partial charge in [-0.25, -0.2) is 0 Å². The quantitative estimate of drug-likeness (QED) is 0.714. The van der Waals surface area contributed by atoms with Crippen LogP contribution in [0.25, 0.3) is 0 Å². The second-order valence-electron chi connectivity index (χ2n) is 7.57. The van der Waals surface area contributed by atoms with E-state index < -0.39 is 0 Å². The van der Waals surface area contributed by atoms with Crippen LogP contribution in [0.2, 0.25) is 0 Å². The molecule has 3 N–H and O–H groups in total. The third kappa shape index (κ3) is 7.05. The van der Waals surface area contributed by atoms with E-state index >= 15 is 0 Å². The molecule has 0 heterocycles. The van der Waals surface area contributed by atoms with Crippen molar-refractivity contribution in [2.45, 2.75) is 91.3 Å². The molecule has 0 spiro atoms.